The molecule has 160 valence electrons. The standard InChI is InChI=1S/C22H24F3N3O2/c1-26-21(30)28-11-3-6-18(14-28)16-4-2-5-17(12-16)20(29)27-13-15-7-9-19(10-8-15)22(23,24)25/h2,4-5,7-10,12,18H,3,6,11,13-14H2,1H3,(H,26,30)(H,27,29). The lowest BCUT2D eigenvalue weighted by molar-refractivity contribution is -0.137. The van der Waals surface area contributed by atoms with E-state index in [0.717, 1.165) is 30.5 Å². The zero-order valence-corrected chi connectivity index (χ0v) is 16.6. The summed E-state index contributed by atoms with van der Waals surface area (Å²) in [6.07, 6.45) is -2.55. The molecule has 0 spiro atoms. The van der Waals surface area contributed by atoms with Crippen LogP contribution in [-0.4, -0.2) is 37.0 Å². The van der Waals surface area contributed by atoms with Crippen LogP contribution in [0, 0.1) is 0 Å². The molecule has 30 heavy (non-hydrogen) atoms. The van der Waals surface area contributed by atoms with E-state index in [0.29, 0.717) is 24.2 Å². The highest BCUT2D eigenvalue weighted by Gasteiger charge is 2.30. The zero-order valence-electron chi connectivity index (χ0n) is 16.6. The second-order valence-corrected chi connectivity index (χ2v) is 7.34. The first kappa shape index (κ1) is 21.7. The lowest BCUT2D eigenvalue weighted by atomic mass is 9.89. The summed E-state index contributed by atoms with van der Waals surface area (Å²) in [5.41, 5.74) is 1.34. The van der Waals surface area contributed by atoms with Gasteiger partial charge in [0.1, 0.15) is 0 Å². The van der Waals surface area contributed by atoms with Gasteiger partial charge < -0.3 is 15.5 Å². The molecule has 8 heteroatoms. The van der Waals surface area contributed by atoms with Crippen molar-refractivity contribution in [2.75, 3.05) is 20.1 Å². The molecule has 2 N–H and O–H groups in total. The number of nitrogens with zero attached hydrogens (tertiary/aromatic N) is 1. The molecule has 1 atom stereocenters. The molecule has 1 aliphatic rings. The third-order valence-corrected chi connectivity index (χ3v) is 5.28. The quantitative estimate of drug-likeness (QED) is 0.782. The van der Waals surface area contributed by atoms with Crippen molar-refractivity contribution >= 4 is 11.9 Å². The van der Waals surface area contributed by atoms with E-state index in [9.17, 15) is 22.8 Å². The molecule has 3 rings (SSSR count). The van der Waals surface area contributed by atoms with Crippen LogP contribution in [0.25, 0.3) is 0 Å². The van der Waals surface area contributed by atoms with Crippen LogP contribution in [0.5, 0.6) is 0 Å². The molecule has 2 aromatic rings. The summed E-state index contributed by atoms with van der Waals surface area (Å²) in [6.45, 7) is 1.44. The first-order chi connectivity index (χ1) is 14.3. The summed E-state index contributed by atoms with van der Waals surface area (Å²) in [7, 11) is 1.60. The number of hydrogen-bond donors (Lipinski definition) is 2. The fraction of sp³-hybridized carbons (Fsp3) is 0.364. The van der Waals surface area contributed by atoms with E-state index in [2.05, 4.69) is 10.6 Å². The van der Waals surface area contributed by atoms with Crippen LogP contribution >= 0.6 is 0 Å². The van der Waals surface area contributed by atoms with Gasteiger partial charge in [0.05, 0.1) is 5.56 Å². The van der Waals surface area contributed by atoms with E-state index in [-0.39, 0.29) is 24.4 Å². The van der Waals surface area contributed by atoms with Crippen molar-refractivity contribution in [3.63, 3.8) is 0 Å². The fourth-order valence-electron chi connectivity index (χ4n) is 3.62. The van der Waals surface area contributed by atoms with Crippen molar-refractivity contribution in [1.82, 2.24) is 15.5 Å². The van der Waals surface area contributed by atoms with Crippen LogP contribution < -0.4 is 10.6 Å². The van der Waals surface area contributed by atoms with Gasteiger partial charge in [-0.1, -0.05) is 24.3 Å². The van der Waals surface area contributed by atoms with Gasteiger partial charge in [-0.3, -0.25) is 4.79 Å². The minimum absolute atomic E-state index is 0.106. The molecule has 0 aromatic heterocycles. The van der Waals surface area contributed by atoms with Gasteiger partial charge in [-0.25, -0.2) is 4.79 Å². The largest absolute Gasteiger partial charge is 0.416 e. The minimum atomic E-state index is -4.38. The van der Waals surface area contributed by atoms with Gasteiger partial charge in [-0.05, 0) is 48.2 Å². The number of piperidine rings is 1. The van der Waals surface area contributed by atoms with E-state index in [4.69, 9.17) is 0 Å². The van der Waals surface area contributed by atoms with Crippen molar-refractivity contribution in [3.8, 4) is 0 Å². The van der Waals surface area contributed by atoms with Crippen molar-refractivity contribution in [2.45, 2.75) is 31.5 Å². The molecule has 1 heterocycles. The number of carbonyl (C=O) groups is 2. The molecule has 0 radical (unpaired) electrons. The number of halogens is 3. The van der Waals surface area contributed by atoms with Crippen LogP contribution in [0.15, 0.2) is 48.5 Å². The predicted octanol–water partition coefficient (Wildman–Crippen LogP) is 4.15. The normalized spacial score (nSPS) is 16.8. The third-order valence-electron chi connectivity index (χ3n) is 5.28. The summed E-state index contributed by atoms with van der Waals surface area (Å²) in [5, 5.41) is 5.39. The number of amides is 3. The van der Waals surface area contributed by atoms with Crippen molar-refractivity contribution < 1.29 is 22.8 Å². The fourth-order valence-corrected chi connectivity index (χ4v) is 3.62. The van der Waals surface area contributed by atoms with E-state index >= 15 is 0 Å². The first-order valence-electron chi connectivity index (χ1n) is 9.79. The van der Waals surface area contributed by atoms with E-state index in [1.54, 1.807) is 24.1 Å². The van der Waals surface area contributed by atoms with Gasteiger partial charge in [0.15, 0.2) is 0 Å². The van der Waals surface area contributed by atoms with E-state index < -0.39 is 11.7 Å². The number of nitrogens with one attached hydrogen (secondary N) is 2. The van der Waals surface area contributed by atoms with Crippen LogP contribution in [0.1, 0.15) is 45.8 Å². The molecule has 5 nitrogen and oxygen atoms in total. The number of rotatable bonds is 4. The lowest BCUT2D eigenvalue weighted by Gasteiger charge is -2.32. The van der Waals surface area contributed by atoms with Crippen LogP contribution in [0.2, 0.25) is 0 Å². The highest BCUT2D eigenvalue weighted by atomic mass is 19.4. The minimum Gasteiger partial charge on any atom is -0.348 e. The Hall–Kier alpha value is -3.03. The number of carbonyl (C=O) groups excluding carboxylic acids is 2. The highest BCUT2D eigenvalue weighted by molar-refractivity contribution is 5.94. The molecular formula is C22H24F3N3O2. The molecule has 2 aromatic carbocycles. The highest BCUT2D eigenvalue weighted by Crippen LogP contribution is 2.29. The average Bonchev–Trinajstić information content (AvgIpc) is 2.76. The summed E-state index contributed by atoms with van der Waals surface area (Å²) in [5.74, 6) is -0.144. The van der Waals surface area contributed by atoms with Crippen LogP contribution in [-0.2, 0) is 12.7 Å². The Morgan fingerprint density at radius 1 is 1.13 bits per heavy atom. The Balaban J connectivity index is 1.62. The Morgan fingerprint density at radius 3 is 2.53 bits per heavy atom. The third kappa shape index (κ3) is 5.31. The Bertz CT molecular complexity index is 897. The SMILES string of the molecule is CNC(=O)N1CCCC(c2cccc(C(=O)NCc3ccc(C(F)(F)F)cc3)c2)C1. The predicted molar refractivity (Wildman–Crippen MR) is 107 cm³/mol. The second-order valence-electron chi connectivity index (χ2n) is 7.34. The maximum absolute atomic E-state index is 12.6. The summed E-state index contributed by atoms with van der Waals surface area (Å²) in [4.78, 5) is 26.2. The van der Waals surface area contributed by atoms with Gasteiger partial charge in [-0.15, -0.1) is 0 Å². The maximum Gasteiger partial charge on any atom is 0.416 e. The maximum atomic E-state index is 12.6. The molecule has 1 fully saturated rings. The monoisotopic (exact) mass is 419 g/mol. The molecule has 1 aliphatic heterocycles. The van der Waals surface area contributed by atoms with Crippen LogP contribution in [0.4, 0.5) is 18.0 Å². The molecule has 0 saturated carbocycles. The summed E-state index contributed by atoms with van der Waals surface area (Å²) >= 11 is 0. The molecule has 1 unspecified atom stereocenters. The van der Waals surface area contributed by atoms with Crippen molar-refractivity contribution in [1.29, 1.82) is 0 Å². The number of hydrogen-bond acceptors (Lipinski definition) is 2. The zero-order chi connectivity index (χ0) is 21.7. The van der Waals surface area contributed by atoms with Gasteiger partial charge in [0.25, 0.3) is 5.91 Å². The molecule has 0 bridgehead atoms. The summed E-state index contributed by atoms with van der Waals surface area (Å²) in [6, 6.07) is 11.9. The Kier molecular flexibility index (Phi) is 6.64. The van der Waals surface area contributed by atoms with Crippen LogP contribution in [0.3, 0.4) is 0 Å². The second kappa shape index (κ2) is 9.19. The molecular weight excluding hydrogens is 395 g/mol. The molecule has 1 saturated heterocycles. The number of benzene rings is 2. The molecule has 3 amide bonds. The van der Waals surface area contributed by atoms with Gasteiger partial charge in [0, 0.05) is 38.2 Å². The van der Waals surface area contributed by atoms with Gasteiger partial charge in [0.2, 0.25) is 0 Å². The van der Waals surface area contributed by atoms with Gasteiger partial charge >= 0.3 is 12.2 Å². The van der Waals surface area contributed by atoms with Crippen molar-refractivity contribution in [3.05, 3.63) is 70.8 Å². The number of alkyl halides is 3. The van der Waals surface area contributed by atoms with Crippen molar-refractivity contribution in [2.24, 2.45) is 0 Å². The topological polar surface area (TPSA) is 61.4 Å². The average molecular weight is 419 g/mol. The number of likely N-dealkylation sites (tertiary alicyclic amines) is 1. The van der Waals surface area contributed by atoms with E-state index in [1.807, 2.05) is 12.1 Å². The van der Waals surface area contributed by atoms with E-state index in [1.165, 1.54) is 12.1 Å². The Morgan fingerprint density at radius 2 is 1.87 bits per heavy atom. The Labute approximate surface area is 173 Å². The summed E-state index contributed by atoms with van der Waals surface area (Å²) < 4.78 is 37.9. The molecule has 0 aliphatic carbocycles. The van der Waals surface area contributed by atoms with Gasteiger partial charge in [-0.2, -0.15) is 13.2 Å². The first-order valence-corrected chi connectivity index (χ1v) is 9.79. The lowest BCUT2D eigenvalue weighted by Crippen LogP contribution is -2.43. The number of urea groups is 1. The smallest absolute Gasteiger partial charge is 0.348 e.